The minimum absolute atomic E-state index is 0.0704. The number of nitro groups is 2. The lowest BCUT2D eigenvalue weighted by Gasteiger charge is -2.26. The second kappa shape index (κ2) is 12.0. The number of imide groups is 2. The Morgan fingerprint density at radius 2 is 1.68 bits per heavy atom. The lowest BCUT2D eigenvalue weighted by Crippen LogP contribution is -2.54. The molecule has 4 rings (SSSR count). The molecule has 0 aliphatic carbocycles. The average Bonchev–Trinajstić information content (AvgIpc) is 2.93. The van der Waals surface area contributed by atoms with Gasteiger partial charge in [0.05, 0.1) is 38.9 Å². The van der Waals surface area contributed by atoms with Gasteiger partial charge in [-0.3, -0.25) is 35.1 Å². The summed E-state index contributed by atoms with van der Waals surface area (Å²) in [4.78, 5) is 60.3. The van der Waals surface area contributed by atoms with Crippen LogP contribution in [0.4, 0.5) is 21.9 Å². The summed E-state index contributed by atoms with van der Waals surface area (Å²) in [6, 6.07) is 11.1. The van der Waals surface area contributed by atoms with Crippen LogP contribution in [-0.4, -0.2) is 41.4 Å². The second-order valence-corrected chi connectivity index (χ2v) is 9.35. The number of hydrogen-bond acceptors (Lipinski definition) is 10. The maximum atomic E-state index is 13.3. The molecule has 1 aliphatic rings. The van der Waals surface area contributed by atoms with Crippen molar-refractivity contribution < 1.29 is 38.4 Å². The molecule has 1 saturated heterocycles. The third kappa shape index (κ3) is 6.08. The van der Waals surface area contributed by atoms with E-state index in [0.717, 1.165) is 23.1 Å². The van der Waals surface area contributed by atoms with Gasteiger partial charge in [-0.05, 0) is 83.6 Å². The predicted octanol–water partition coefficient (Wildman–Crippen LogP) is 4.97. The molecular formula is C26H19IN4O10. The number of hydrogen-bond donors (Lipinski definition) is 1. The molecule has 1 N–H and O–H groups in total. The van der Waals surface area contributed by atoms with E-state index in [0.29, 0.717) is 14.9 Å². The number of nitro benzene ring substituents is 2. The van der Waals surface area contributed by atoms with Crippen LogP contribution in [-0.2, 0) is 9.59 Å². The molecule has 210 valence electrons. The van der Waals surface area contributed by atoms with Crippen LogP contribution < -0.4 is 24.4 Å². The molecule has 3 aromatic carbocycles. The fraction of sp³-hybridized carbons (Fsp3) is 0.115. The molecule has 3 aromatic rings. The maximum absolute atomic E-state index is 13.3. The standard InChI is InChI=1S/C26H19IN4O10/c1-3-40-22-12-14(11-19(27)23(22)41-21-9-6-16(30(35)36)13-20(21)31(37)38)10-18-24(32)28-26(34)29(25(18)33)15-4-7-17(39-2)8-5-15/h4-13H,3H2,1-2H3,(H,28,32,34)/b18-10+. The molecule has 1 aliphatic heterocycles. The van der Waals surface area contributed by atoms with Gasteiger partial charge in [0.1, 0.15) is 11.3 Å². The van der Waals surface area contributed by atoms with E-state index in [1.54, 1.807) is 19.1 Å². The quantitative estimate of drug-likeness (QED) is 0.107. The highest BCUT2D eigenvalue weighted by molar-refractivity contribution is 14.1. The van der Waals surface area contributed by atoms with Gasteiger partial charge in [-0.25, -0.2) is 9.69 Å². The van der Waals surface area contributed by atoms with Gasteiger partial charge < -0.3 is 14.2 Å². The molecule has 0 unspecified atom stereocenters. The highest BCUT2D eigenvalue weighted by Gasteiger charge is 2.37. The number of non-ortho nitro benzene ring substituents is 1. The molecule has 0 radical (unpaired) electrons. The fourth-order valence-corrected chi connectivity index (χ4v) is 4.52. The largest absolute Gasteiger partial charge is 0.497 e. The van der Waals surface area contributed by atoms with E-state index in [1.807, 2.05) is 22.6 Å². The topological polar surface area (TPSA) is 180 Å². The van der Waals surface area contributed by atoms with Crippen molar-refractivity contribution in [1.82, 2.24) is 5.32 Å². The van der Waals surface area contributed by atoms with E-state index in [-0.39, 0.29) is 35.1 Å². The Morgan fingerprint density at radius 1 is 0.976 bits per heavy atom. The summed E-state index contributed by atoms with van der Waals surface area (Å²) in [5.74, 6) is -1.34. The molecule has 41 heavy (non-hydrogen) atoms. The van der Waals surface area contributed by atoms with E-state index >= 15 is 0 Å². The maximum Gasteiger partial charge on any atom is 0.335 e. The van der Waals surface area contributed by atoms with Crippen LogP contribution in [0.3, 0.4) is 0 Å². The first kappa shape index (κ1) is 28.9. The van der Waals surface area contributed by atoms with Crippen molar-refractivity contribution in [2.45, 2.75) is 6.92 Å². The Kier molecular flexibility index (Phi) is 8.46. The second-order valence-electron chi connectivity index (χ2n) is 8.19. The lowest BCUT2D eigenvalue weighted by molar-refractivity contribution is -0.394. The number of anilines is 1. The molecule has 0 saturated carbocycles. The fourth-order valence-electron chi connectivity index (χ4n) is 3.78. The highest BCUT2D eigenvalue weighted by Crippen LogP contribution is 2.42. The number of nitrogens with one attached hydrogen (secondary N) is 1. The normalized spacial score (nSPS) is 14.1. The molecule has 4 amide bonds. The Hall–Kier alpha value is -5.06. The van der Waals surface area contributed by atoms with Crippen LogP contribution in [0.25, 0.3) is 6.08 Å². The van der Waals surface area contributed by atoms with Crippen LogP contribution >= 0.6 is 22.6 Å². The monoisotopic (exact) mass is 674 g/mol. The van der Waals surface area contributed by atoms with E-state index in [4.69, 9.17) is 14.2 Å². The first-order valence-corrected chi connectivity index (χ1v) is 12.7. The minimum Gasteiger partial charge on any atom is -0.497 e. The summed E-state index contributed by atoms with van der Waals surface area (Å²) in [5.41, 5.74) is -0.909. The van der Waals surface area contributed by atoms with Gasteiger partial charge in [-0.2, -0.15) is 0 Å². The van der Waals surface area contributed by atoms with Crippen molar-refractivity contribution in [3.63, 3.8) is 0 Å². The molecule has 1 heterocycles. The number of urea groups is 1. The van der Waals surface area contributed by atoms with Crippen LogP contribution in [0.5, 0.6) is 23.0 Å². The Bertz CT molecular complexity index is 1620. The number of halogens is 1. The molecule has 1 fully saturated rings. The Labute approximate surface area is 244 Å². The van der Waals surface area contributed by atoms with Crippen molar-refractivity contribution >= 4 is 63.6 Å². The zero-order valence-corrected chi connectivity index (χ0v) is 23.4. The summed E-state index contributed by atoms with van der Waals surface area (Å²) in [6.07, 6.45) is 1.27. The van der Waals surface area contributed by atoms with E-state index < -0.39 is 39.1 Å². The van der Waals surface area contributed by atoms with Gasteiger partial charge >= 0.3 is 11.7 Å². The average molecular weight is 674 g/mol. The zero-order valence-electron chi connectivity index (χ0n) is 21.3. The minimum atomic E-state index is -0.916. The summed E-state index contributed by atoms with van der Waals surface area (Å²) < 4.78 is 16.9. The van der Waals surface area contributed by atoms with E-state index in [1.165, 1.54) is 37.5 Å². The lowest BCUT2D eigenvalue weighted by atomic mass is 10.1. The molecule has 0 spiro atoms. The molecular weight excluding hydrogens is 655 g/mol. The number of amides is 4. The number of nitrogens with zero attached hydrogens (tertiary/aromatic N) is 3. The first-order valence-electron chi connectivity index (χ1n) is 11.7. The van der Waals surface area contributed by atoms with Crippen molar-refractivity contribution in [2.24, 2.45) is 0 Å². The van der Waals surface area contributed by atoms with Gasteiger partial charge in [0.25, 0.3) is 17.5 Å². The van der Waals surface area contributed by atoms with Crippen LogP contribution in [0.2, 0.25) is 0 Å². The SMILES string of the molecule is CCOc1cc(/C=C2\C(=O)NC(=O)N(c3ccc(OC)cc3)C2=O)cc(I)c1Oc1ccc([N+](=O)[O-])cc1[N+](=O)[O-]. The van der Waals surface area contributed by atoms with Crippen LogP contribution in [0.15, 0.2) is 60.2 Å². The van der Waals surface area contributed by atoms with Crippen LogP contribution in [0.1, 0.15) is 12.5 Å². The number of benzene rings is 3. The number of ether oxygens (including phenoxy) is 3. The summed E-state index contributed by atoms with van der Waals surface area (Å²) in [5, 5.41) is 24.8. The number of methoxy groups -OCH3 is 1. The zero-order chi connectivity index (χ0) is 29.8. The number of carbonyl (C=O) groups is 3. The molecule has 0 atom stereocenters. The smallest absolute Gasteiger partial charge is 0.335 e. The van der Waals surface area contributed by atoms with E-state index in [9.17, 15) is 34.6 Å². The molecule has 0 bridgehead atoms. The van der Waals surface area contributed by atoms with Gasteiger partial charge in [-0.15, -0.1) is 0 Å². The summed E-state index contributed by atoms with van der Waals surface area (Å²) in [6.45, 7) is 1.85. The third-order valence-electron chi connectivity index (χ3n) is 5.64. The molecule has 14 nitrogen and oxygen atoms in total. The summed E-state index contributed by atoms with van der Waals surface area (Å²) >= 11 is 1.88. The molecule has 0 aromatic heterocycles. The number of carbonyl (C=O) groups excluding carboxylic acids is 3. The molecule has 15 heteroatoms. The first-order chi connectivity index (χ1) is 19.5. The highest BCUT2D eigenvalue weighted by atomic mass is 127. The van der Waals surface area contributed by atoms with Crippen LogP contribution in [0, 0.1) is 23.8 Å². The number of barbiturate groups is 1. The van der Waals surface area contributed by atoms with Crippen molar-refractivity contribution in [3.05, 3.63) is 89.5 Å². The summed E-state index contributed by atoms with van der Waals surface area (Å²) in [7, 11) is 1.47. The van der Waals surface area contributed by atoms with Gasteiger partial charge in [0, 0.05) is 6.07 Å². The Balaban J connectivity index is 1.73. The van der Waals surface area contributed by atoms with Gasteiger partial charge in [0.2, 0.25) is 5.75 Å². The van der Waals surface area contributed by atoms with Gasteiger partial charge in [0.15, 0.2) is 11.5 Å². The predicted molar refractivity (Wildman–Crippen MR) is 152 cm³/mol. The van der Waals surface area contributed by atoms with Crippen molar-refractivity contribution in [3.8, 4) is 23.0 Å². The third-order valence-corrected chi connectivity index (χ3v) is 6.44. The van der Waals surface area contributed by atoms with Crippen molar-refractivity contribution in [1.29, 1.82) is 0 Å². The van der Waals surface area contributed by atoms with Gasteiger partial charge in [-0.1, -0.05) is 0 Å². The number of rotatable bonds is 9. The van der Waals surface area contributed by atoms with E-state index in [2.05, 4.69) is 5.32 Å². The van der Waals surface area contributed by atoms with Crippen molar-refractivity contribution in [2.75, 3.05) is 18.6 Å². The Morgan fingerprint density at radius 3 is 2.29 bits per heavy atom.